The van der Waals surface area contributed by atoms with E-state index in [9.17, 15) is 4.79 Å². The summed E-state index contributed by atoms with van der Waals surface area (Å²) in [6, 6.07) is 9.67. The summed E-state index contributed by atoms with van der Waals surface area (Å²) >= 11 is 0. The van der Waals surface area contributed by atoms with Crippen LogP contribution in [0.1, 0.15) is 37.0 Å². The van der Waals surface area contributed by atoms with E-state index in [1.807, 2.05) is 31.2 Å². The molecule has 21 heavy (non-hydrogen) atoms. The third kappa shape index (κ3) is 3.07. The van der Waals surface area contributed by atoms with Gasteiger partial charge in [-0.1, -0.05) is 6.92 Å². The number of rotatable bonds is 6. The van der Waals surface area contributed by atoms with E-state index in [0.29, 0.717) is 0 Å². The van der Waals surface area contributed by atoms with Crippen LogP contribution in [0.25, 0.3) is 5.69 Å². The average Bonchev–Trinajstić information content (AvgIpc) is 2.94. The van der Waals surface area contributed by atoms with Gasteiger partial charge in [-0.2, -0.15) is 5.10 Å². The highest BCUT2D eigenvalue weighted by Gasteiger charge is 2.13. The Morgan fingerprint density at radius 2 is 1.81 bits per heavy atom. The summed E-state index contributed by atoms with van der Waals surface area (Å²) in [4.78, 5) is 13.3. The van der Waals surface area contributed by atoms with E-state index < -0.39 is 5.97 Å². The number of hydrogen-bond donors (Lipinski definition) is 1. The summed E-state index contributed by atoms with van der Waals surface area (Å²) in [7, 11) is 0. The molecule has 1 heterocycles. The van der Waals surface area contributed by atoms with Crippen LogP contribution in [-0.2, 0) is 6.42 Å². The number of carbonyl (C=O) groups is 1. The van der Waals surface area contributed by atoms with Crippen LogP contribution in [0.4, 0.5) is 5.69 Å². The van der Waals surface area contributed by atoms with Gasteiger partial charge in [-0.25, -0.2) is 9.48 Å². The molecule has 0 unspecified atom stereocenters. The molecule has 0 aliphatic carbocycles. The van der Waals surface area contributed by atoms with Crippen molar-refractivity contribution < 1.29 is 9.90 Å². The SMILES string of the molecule is CCc1cc(C(=O)O)nn1-c1ccc(N(CC)CC)cc1. The number of hydrogen-bond acceptors (Lipinski definition) is 3. The fourth-order valence-electron chi connectivity index (χ4n) is 2.39. The zero-order chi connectivity index (χ0) is 15.4. The lowest BCUT2D eigenvalue weighted by Crippen LogP contribution is -2.21. The summed E-state index contributed by atoms with van der Waals surface area (Å²) in [5.74, 6) is -0.997. The number of aromatic carboxylic acids is 1. The fraction of sp³-hybridized carbons (Fsp3) is 0.375. The largest absolute Gasteiger partial charge is 0.476 e. The van der Waals surface area contributed by atoms with Crippen LogP contribution in [0.15, 0.2) is 30.3 Å². The van der Waals surface area contributed by atoms with Crippen LogP contribution in [0.3, 0.4) is 0 Å². The Morgan fingerprint density at radius 3 is 2.29 bits per heavy atom. The van der Waals surface area contributed by atoms with Crippen molar-refractivity contribution >= 4 is 11.7 Å². The average molecular weight is 287 g/mol. The topological polar surface area (TPSA) is 58.4 Å². The molecule has 2 aromatic rings. The molecule has 0 amide bonds. The van der Waals surface area contributed by atoms with Gasteiger partial charge in [0.25, 0.3) is 0 Å². The molecule has 0 fully saturated rings. The molecule has 0 aliphatic heterocycles. The molecule has 2 rings (SSSR count). The Bertz CT molecular complexity index is 613. The van der Waals surface area contributed by atoms with Gasteiger partial charge in [-0.3, -0.25) is 0 Å². The molecule has 1 N–H and O–H groups in total. The lowest BCUT2D eigenvalue weighted by atomic mass is 10.2. The van der Waals surface area contributed by atoms with Crippen molar-refractivity contribution in [2.75, 3.05) is 18.0 Å². The molecule has 0 bridgehead atoms. The number of carboxylic acids is 1. The maximum Gasteiger partial charge on any atom is 0.356 e. The van der Waals surface area contributed by atoms with Gasteiger partial charge in [0.05, 0.1) is 5.69 Å². The Kier molecular flexibility index (Phi) is 4.62. The molecule has 5 nitrogen and oxygen atoms in total. The molecule has 1 aromatic heterocycles. The van der Waals surface area contributed by atoms with E-state index in [0.717, 1.165) is 36.6 Å². The smallest absolute Gasteiger partial charge is 0.356 e. The maximum absolute atomic E-state index is 11.1. The van der Waals surface area contributed by atoms with Crippen LogP contribution in [-0.4, -0.2) is 33.9 Å². The highest BCUT2D eigenvalue weighted by molar-refractivity contribution is 5.85. The first-order valence-electron chi connectivity index (χ1n) is 7.28. The Morgan fingerprint density at radius 1 is 1.19 bits per heavy atom. The van der Waals surface area contributed by atoms with Crippen molar-refractivity contribution in [1.82, 2.24) is 9.78 Å². The molecule has 0 atom stereocenters. The third-order valence-electron chi connectivity index (χ3n) is 3.59. The van der Waals surface area contributed by atoms with E-state index in [-0.39, 0.29) is 5.69 Å². The second kappa shape index (κ2) is 6.43. The van der Waals surface area contributed by atoms with Gasteiger partial charge >= 0.3 is 5.97 Å². The van der Waals surface area contributed by atoms with Crippen molar-refractivity contribution in [3.05, 3.63) is 41.7 Å². The lowest BCUT2D eigenvalue weighted by molar-refractivity contribution is 0.0690. The number of carboxylic acid groups (broad SMARTS) is 1. The predicted octanol–water partition coefficient (Wildman–Crippen LogP) is 2.98. The van der Waals surface area contributed by atoms with Crippen molar-refractivity contribution in [3.63, 3.8) is 0 Å². The summed E-state index contributed by atoms with van der Waals surface area (Å²) in [6.07, 6.45) is 0.734. The van der Waals surface area contributed by atoms with Crippen molar-refractivity contribution in [3.8, 4) is 5.69 Å². The zero-order valence-electron chi connectivity index (χ0n) is 12.7. The molecular weight excluding hydrogens is 266 g/mol. The molecule has 5 heteroatoms. The molecule has 0 saturated heterocycles. The minimum Gasteiger partial charge on any atom is -0.476 e. The van der Waals surface area contributed by atoms with Gasteiger partial charge in [0.1, 0.15) is 0 Å². The molecular formula is C16H21N3O2. The van der Waals surface area contributed by atoms with E-state index in [1.165, 1.54) is 0 Å². The summed E-state index contributed by atoms with van der Waals surface area (Å²) in [6.45, 7) is 8.16. The Balaban J connectivity index is 2.36. The van der Waals surface area contributed by atoms with Crippen molar-refractivity contribution in [2.45, 2.75) is 27.2 Å². The summed E-state index contributed by atoms with van der Waals surface area (Å²) < 4.78 is 1.70. The monoisotopic (exact) mass is 287 g/mol. The number of anilines is 1. The van der Waals surface area contributed by atoms with E-state index >= 15 is 0 Å². The van der Waals surface area contributed by atoms with Gasteiger partial charge in [0, 0.05) is 24.5 Å². The summed E-state index contributed by atoms with van der Waals surface area (Å²) in [5.41, 5.74) is 3.02. The van der Waals surface area contributed by atoms with Gasteiger partial charge in [0.15, 0.2) is 5.69 Å². The molecule has 0 spiro atoms. The second-order valence-corrected chi connectivity index (χ2v) is 4.78. The van der Waals surface area contributed by atoms with E-state index in [2.05, 4.69) is 23.8 Å². The highest BCUT2D eigenvalue weighted by atomic mass is 16.4. The van der Waals surface area contributed by atoms with Crippen LogP contribution in [0, 0.1) is 0 Å². The van der Waals surface area contributed by atoms with Crippen LogP contribution >= 0.6 is 0 Å². The van der Waals surface area contributed by atoms with E-state index in [4.69, 9.17) is 5.11 Å². The first kappa shape index (κ1) is 15.1. The predicted molar refractivity (Wildman–Crippen MR) is 83.5 cm³/mol. The lowest BCUT2D eigenvalue weighted by Gasteiger charge is -2.21. The van der Waals surface area contributed by atoms with Crippen LogP contribution in [0.2, 0.25) is 0 Å². The minimum absolute atomic E-state index is 0.0830. The van der Waals surface area contributed by atoms with E-state index in [1.54, 1.807) is 10.7 Å². The molecule has 112 valence electrons. The first-order valence-corrected chi connectivity index (χ1v) is 7.28. The summed E-state index contributed by atoms with van der Waals surface area (Å²) in [5, 5.41) is 13.2. The molecule has 0 saturated carbocycles. The quantitative estimate of drug-likeness (QED) is 0.887. The second-order valence-electron chi connectivity index (χ2n) is 4.78. The Labute approximate surface area is 124 Å². The highest BCUT2D eigenvalue weighted by Crippen LogP contribution is 2.19. The van der Waals surface area contributed by atoms with Gasteiger partial charge < -0.3 is 10.0 Å². The minimum atomic E-state index is -0.997. The number of benzene rings is 1. The first-order chi connectivity index (χ1) is 10.1. The van der Waals surface area contributed by atoms with Crippen LogP contribution in [0.5, 0.6) is 0 Å². The number of aromatic nitrogens is 2. The van der Waals surface area contributed by atoms with Crippen LogP contribution < -0.4 is 4.90 Å². The normalized spacial score (nSPS) is 10.6. The van der Waals surface area contributed by atoms with Gasteiger partial charge in [-0.05, 0) is 50.6 Å². The number of nitrogens with zero attached hydrogens (tertiary/aromatic N) is 3. The zero-order valence-corrected chi connectivity index (χ0v) is 12.7. The van der Waals surface area contributed by atoms with Crippen molar-refractivity contribution in [1.29, 1.82) is 0 Å². The van der Waals surface area contributed by atoms with Crippen molar-refractivity contribution in [2.24, 2.45) is 0 Å². The molecule has 1 aromatic carbocycles. The van der Waals surface area contributed by atoms with Gasteiger partial charge in [-0.15, -0.1) is 0 Å². The fourth-order valence-corrected chi connectivity index (χ4v) is 2.39. The molecule has 0 aliphatic rings. The Hall–Kier alpha value is -2.30. The standard InChI is InChI=1S/C16H21N3O2/c1-4-12-11-15(16(20)21)17-19(12)14-9-7-13(8-10-14)18(5-2)6-3/h7-11H,4-6H2,1-3H3,(H,20,21). The maximum atomic E-state index is 11.1. The number of aryl methyl sites for hydroxylation is 1. The van der Waals surface area contributed by atoms with Gasteiger partial charge in [0.2, 0.25) is 0 Å². The third-order valence-corrected chi connectivity index (χ3v) is 3.59. The molecule has 0 radical (unpaired) electrons.